The van der Waals surface area contributed by atoms with Crippen LogP contribution in [0.3, 0.4) is 0 Å². The Morgan fingerprint density at radius 2 is 2.17 bits per heavy atom. The third-order valence-electron chi connectivity index (χ3n) is 3.03. The molecule has 0 radical (unpaired) electrons. The van der Waals surface area contributed by atoms with E-state index in [-0.39, 0.29) is 11.9 Å². The molecular weight excluding hydrogens is 229 g/mol. The van der Waals surface area contributed by atoms with E-state index in [4.69, 9.17) is 0 Å². The first-order chi connectivity index (χ1) is 8.65. The van der Waals surface area contributed by atoms with Gasteiger partial charge in [-0.25, -0.2) is 4.39 Å². The Hall–Kier alpha value is -1.68. The molecule has 18 heavy (non-hydrogen) atoms. The van der Waals surface area contributed by atoms with Gasteiger partial charge in [-0.3, -0.25) is 4.68 Å². The Kier molecular flexibility index (Phi) is 3.77. The summed E-state index contributed by atoms with van der Waals surface area (Å²) >= 11 is 0. The number of hydrogen-bond donors (Lipinski definition) is 1. The SMILES string of the molecule is CCn1nccc1C(NC)c1cc(C)cc(F)c1. The topological polar surface area (TPSA) is 29.9 Å². The second kappa shape index (κ2) is 5.31. The smallest absolute Gasteiger partial charge is 0.123 e. The molecule has 1 aromatic heterocycles. The molecular formula is C14H18FN3. The Balaban J connectivity index is 2.45. The average Bonchev–Trinajstić information content (AvgIpc) is 2.77. The molecule has 0 amide bonds. The molecule has 4 heteroatoms. The third kappa shape index (κ3) is 2.43. The van der Waals surface area contributed by atoms with Gasteiger partial charge in [-0.05, 0) is 50.2 Å². The van der Waals surface area contributed by atoms with Crippen molar-refractivity contribution < 1.29 is 4.39 Å². The second-order valence-corrected chi connectivity index (χ2v) is 4.36. The zero-order valence-corrected chi connectivity index (χ0v) is 10.9. The molecule has 2 rings (SSSR count). The highest BCUT2D eigenvalue weighted by atomic mass is 19.1. The summed E-state index contributed by atoms with van der Waals surface area (Å²) in [6.07, 6.45) is 1.77. The lowest BCUT2D eigenvalue weighted by Gasteiger charge is -2.18. The van der Waals surface area contributed by atoms with Crippen molar-refractivity contribution in [1.82, 2.24) is 15.1 Å². The van der Waals surface area contributed by atoms with E-state index in [0.29, 0.717) is 0 Å². The van der Waals surface area contributed by atoms with Crippen LogP contribution in [-0.4, -0.2) is 16.8 Å². The Morgan fingerprint density at radius 1 is 1.39 bits per heavy atom. The van der Waals surface area contributed by atoms with Crippen LogP contribution in [0.2, 0.25) is 0 Å². The molecule has 0 fully saturated rings. The van der Waals surface area contributed by atoms with E-state index in [9.17, 15) is 4.39 Å². The number of aryl methyl sites for hydroxylation is 2. The van der Waals surface area contributed by atoms with E-state index < -0.39 is 0 Å². The summed E-state index contributed by atoms with van der Waals surface area (Å²) in [5, 5.41) is 7.48. The van der Waals surface area contributed by atoms with Gasteiger partial charge in [0.05, 0.1) is 11.7 Å². The number of rotatable bonds is 4. The number of aromatic nitrogens is 2. The van der Waals surface area contributed by atoms with Crippen LogP contribution in [0.4, 0.5) is 4.39 Å². The summed E-state index contributed by atoms with van der Waals surface area (Å²) in [5.41, 5.74) is 2.89. The van der Waals surface area contributed by atoms with Crippen LogP contribution in [0.1, 0.15) is 29.8 Å². The summed E-state index contributed by atoms with van der Waals surface area (Å²) in [7, 11) is 1.87. The molecule has 1 atom stereocenters. The second-order valence-electron chi connectivity index (χ2n) is 4.36. The molecule has 1 N–H and O–H groups in total. The van der Waals surface area contributed by atoms with Crippen molar-refractivity contribution in [1.29, 1.82) is 0 Å². The fraction of sp³-hybridized carbons (Fsp3) is 0.357. The minimum atomic E-state index is -0.201. The van der Waals surface area contributed by atoms with Crippen LogP contribution >= 0.6 is 0 Å². The van der Waals surface area contributed by atoms with Crippen LogP contribution in [0, 0.1) is 12.7 Å². The normalized spacial score (nSPS) is 12.7. The van der Waals surface area contributed by atoms with Gasteiger partial charge in [0.15, 0.2) is 0 Å². The van der Waals surface area contributed by atoms with Crippen LogP contribution < -0.4 is 5.32 Å². The van der Waals surface area contributed by atoms with Crippen LogP contribution in [0.15, 0.2) is 30.5 Å². The van der Waals surface area contributed by atoms with E-state index in [0.717, 1.165) is 23.4 Å². The van der Waals surface area contributed by atoms with Gasteiger partial charge < -0.3 is 5.32 Å². The summed E-state index contributed by atoms with van der Waals surface area (Å²) < 4.78 is 15.4. The first-order valence-corrected chi connectivity index (χ1v) is 6.11. The summed E-state index contributed by atoms with van der Waals surface area (Å²) in [5.74, 6) is -0.201. The quantitative estimate of drug-likeness (QED) is 0.900. The maximum Gasteiger partial charge on any atom is 0.123 e. The van der Waals surface area contributed by atoms with Crippen LogP contribution in [0.5, 0.6) is 0 Å². The molecule has 0 aliphatic carbocycles. The monoisotopic (exact) mass is 247 g/mol. The molecule has 3 nitrogen and oxygen atoms in total. The zero-order chi connectivity index (χ0) is 13.1. The Morgan fingerprint density at radius 3 is 2.78 bits per heavy atom. The maximum absolute atomic E-state index is 13.5. The fourth-order valence-electron chi connectivity index (χ4n) is 2.27. The highest BCUT2D eigenvalue weighted by Gasteiger charge is 2.16. The van der Waals surface area contributed by atoms with E-state index in [1.54, 1.807) is 12.3 Å². The lowest BCUT2D eigenvalue weighted by atomic mass is 10.0. The lowest BCUT2D eigenvalue weighted by molar-refractivity contribution is 0.558. The van der Waals surface area contributed by atoms with Crippen molar-refractivity contribution in [2.75, 3.05) is 7.05 Å². The standard InChI is InChI=1S/C14H18FN3/c1-4-18-13(5-6-17-18)14(16-3)11-7-10(2)8-12(15)9-11/h5-9,14,16H,4H2,1-3H3. The molecule has 0 spiro atoms. The van der Waals surface area contributed by atoms with Crippen molar-refractivity contribution >= 4 is 0 Å². The van der Waals surface area contributed by atoms with Gasteiger partial charge in [-0.1, -0.05) is 6.07 Å². The Labute approximate surface area is 107 Å². The molecule has 1 heterocycles. The molecule has 0 bridgehead atoms. The maximum atomic E-state index is 13.5. The molecule has 0 saturated heterocycles. The average molecular weight is 247 g/mol. The summed E-state index contributed by atoms with van der Waals surface area (Å²) in [6.45, 7) is 4.74. The largest absolute Gasteiger partial charge is 0.308 e. The van der Waals surface area contributed by atoms with Crippen molar-refractivity contribution in [2.24, 2.45) is 0 Å². The third-order valence-corrected chi connectivity index (χ3v) is 3.03. The molecule has 1 aromatic carbocycles. The molecule has 1 unspecified atom stereocenters. The van der Waals surface area contributed by atoms with Gasteiger partial charge in [0, 0.05) is 12.7 Å². The Bertz CT molecular complexity index is 513. The molecule has 0 saturated carbocycles. The van der Waals surface area contributed by atoms with Crippen molar-refractivity contribution in [3.8, 4) is 0 Å². The number of nitrogens with one attached hydrogen (secondary N) is 1. The molecule has 0 aliphatic heterocycles. The van der Waals surface area contributed by atoms with Gasteiger partial charge in [0.2, 0.25) is 0 Å². The predicted octanol–water partition coefficient (Wildman–Crippen LogP) is 2.66. The number of nitrogens with zero attached hydrogens (tertiary/aromatic N) is 2. The first-order valence-electron chi connectivity index (χ1n) is 6.11. The first kappa shape index (κ1) is 12.8. The zero-order valence-electron chi connectivity index (χ0n) is 10.9. The van der Waals surface area contributed by atoms with Crippen molar-refractivity contribution in [3.05, 3.63) is 53.1 Å². The van der Waals surface area contributed by atoms with E-state index >= 15 is 0 Å². The van der Waals surface area contributed by atoms with E-state index in [1.165, 1.54) is 6.07 Å². The number of hydrogen-bond acceptors (Lipinski definition) is 2. The number of benzene rings is 1. The highest BCUT2D eigenvalue weighted by molar-refractivity contribution is 5.31. The van der Waals surface area contributed by atoms with Crippen molar-refractivity contribution in [3.63, 3.8) is 0 Å². The van der Waals surface area contributed by atoms with Gasteiger partial charge in [-0.2, -0.15) is 5.10 Å². The van der Waals surface area contributed by atoms with E-state index in [2.05, 4.69) is 10.4 Å². The van der Waals surface area contributed by atoms with E-state index in [1.807, 2.05) is 37.7 Å². The van der Waals surface area contributed by atoms with Gasteiger partial charge in [0.25, 0.3) is 0 Å². The predicted molar refractivity (Wildman–Crippen MR) is 69.9 cm³/mol. The van der Waals surface area contributed by atoms with Crippen LogP contribution in [-0.2, 0) is 6.54 Å². The lowest BCUT2D eigenvalue weighted by Crippen LogP contribution is -2.21. The molecule has 0 aliphatic rings. The van der Waals surface area contributed by atoms with Crippen LogP contribution in [0.25, 0.3) is 0 Å². The van der Waals surface area contributed by atoms with Crippen molar-refractivity contribution in [2.45, 2.75) is 26.4 Å². The minimum absolute atomic E-state index is 0.0400. The highest BCUT2D eigenvalue weighted by Crippen LogP contribution is 2.23. The van der Waals surface area contributed by atoms with Gasteiger partial charge in [0.1, 0.15) is 5.82 Å². The minimum Gasteiger partial charge on any atom is -0.308 e. The fourth-order valence-corrected chi connectivity index (χ4v) is 2.27. The van der Waals surface area contributed by atoms with Gasteiger partial charge in [-0.15, -0.1) is 0 Å². The number of halogens is 1. The molecule has 2 aromatic rings. The summed E-state index contributed by atoms with van der Waals surface area (Å²) in [4.78, 5) is 0. The molecule has 96 valence electrons. The summed E-state index contributed by atoms with van der Waals surface area (Å²) in [6, 6.07) is 7.03. The van der Waals surface area contributed by atoms with Gasteiger partial charge >= 0.3 is 0 Å².